The molecule has 1 aromatic heterocycles. The summed E-state index contributed by atoms with van der Waals surface area (Å²) in [6.07, 6.45) is 6.17. The molecule has 1 aliphatic heterocycles. The molecule has 1 atom stereocenters. The normalized spacial score (nSPS) is 21.3. The van der Waals surface area contributed by atoms with Crippen LogP contribution in [0.2, 0.25) is 0 Å². The second kappa shape index (κ2) is 6.14. The Labute approximate surface area is 110 Å². The highest BCUT2D eigenvalue weighted by Gasteiger charge is 2.24. The molecule has 0 N–H and O–H groups in total. The summed E-state index contributed by atoms with van der Waals surface area (Å²) in [5.41, 5.74) is 1.24. The maximum Gasteiger partial charge on any atom is 0.225 e. The van der Waals surface area contributed by atoms with Crippen LogP contribution in [0.3, 0.4) is 0 Å². The van der Waals surface area contributed by atoms with Crippen LogP contribution in [-0.4, -0.2) is 47.1 Å². The van der Waals surface area contributed by atoms with E-state index in [-0.39, 0.29) is 0 Å². The highest BCUT2D eigenvalue weighted by molar-refractivity contribution is 5.32. The van der Waals surface area contributed by atoms with Crippen LogP contribution in [0.5, 0.6) is 0 Å². The number of likely N-dealkylation sites (N-methyl/N-ethyl adjacent to an activating group) is 1. The Hall–Kier alpha value is -1.16. The Kier molecular flexibility index (Phi) is 4.53. The molecule has 0 amide bonds. The molecule has 0 saturated carbocycles. The predicted octanol–water partition coefficient (Wildman–Crippen LogP) is 1.96. The van der Waals surface area contributed by atoms with Gasteiger partial charge in [0.25, 0.3) is 0 Å². The molecule has 0 aromatic carbocycles. The van der Waals surface area contributed by atoms with E-state index in [9.17, 15) is 0 Å². The van der Waals surface area contributed by atoms with Crippen molar-refractivity contribution < 1.29 is 0 Å². The molecule has 2 heterocycles. The lowest BCUT2D eigenvalue weighted by Crippen LogP contribution is -2.52. The molecular formula is C14H24N4. The van der Waals surface area contributed by atoms with Crippen molar-refractivity contribution in [2.24, 2.45) is 0 Å². The SMILES string of the molecule is CCCc1cnc(N2CCN(CC)CC2C)nc1. The first-order valence-corrected chi connectivity index (χ1v) is 7.04. The third-order valence-electron chi connectivity index (χ3n) is 3.65. The fourth-order valence-corrected chi connectivity index (χ4v) is 2.53. The minimum absolute atomic E-state index is 0.496. The Morgan fingerprint density at radius 2 is 1.94 bits per heavy atom. The zero-order valence-corrected chi connectivity index (χ0v) is 11.8. The molecule has 1 aliphatic rings. The number of aryl methyl sites for hydroxylation is 1. The number of hydrogen-bond acceptors (Lipinski definition) is 4. The van der Waals surface area contributed by atoms with Gasteiger partial charge in [-0.25, -0.2) is 9.97 Å². The van der Waals surface area contributed by atoms with Crippen LogP contribution in [0, 0.1) is 0 Å². The average molecular weight is 248 g/mol. The summed E-state index contributed by atoms with van der Waals surface area (Å²) >= 11 is 0. The number of nitrogens with zero attached hydrogens (tertiary/aromatic N) is 4. The molecule has 4 nitrogen and oxygen atoms in total. The second-order valence-corrected chi connectivity index (χ2v) is 5.08. The second-order valence-electron chi connectivity index (χ2n) is 5.08. The van der Waals surface area contributed by atoms with E-state index in [4.69, 9.17) is 0 Å². The Morgan fingerprint density at radius 1 is 1.22 bits per heavy atom. The maximum absolute atomic E-state index is 4.52. The number of aromatic nitrogens is 2. The summed E-state index contributed by atoms with van der Waals surface area (Å²) < 4.78 is 0. The molecule has 1 aromatic rings. The molecule has 1 unspecified atom stereocenters. The third-order valence-corrected chi connectivity index (χ3v) is 3.65. The zero-order chi connectivity index (χ0) is 13.0. The molecule has 1 saturated heterocycles. The van der Waals surface area contributed by atoms with E-state index in [1.165, 1.54) is 5.56 Å². The van der Waals surface area contributed by atoms with Gasteiger partial charge in [-0.2, -0.15) is 0 Å². The van der Waals surface area contributed by atoms with E-state index in [0.717, 1.165) is 45.0 Å². The zero-order valence-electron chi connectivity index (χ0n) is 11.8. The first kappa shape index (κ1) is 13.3. The van der Waals surface area contributed by atoms with E-state index in [2.05, 4.69) is 40.5 Å². The molecule has 100 valence electrons. The Bertz CT molecular complexity index is 363. The number of anilines is 1. The van der Waals surface area contributed by atoms with Crippen LogP contribution in [0.25, 0.3) is 0 Å². The highest BCUT2D eigenvalue weighted by Crippen LogP contribution is 2.16. The highest BCUT2D eigenvalue weighted by atomic mass is 15.3. The van der Waals surface area contributed by atoms with Gasteiger partial charge in [0.05, 0.1) is 0 Å². The van der Waals surface area contributed by atoms with Crippen molar-refractivity contribution in [2.75, 3.05) is 31.1 Å². The first-order chi connectivity index (χ1) is 8.74. The third kappa shape index (κ3) is 2.99. The predicted molar refractivity (Wildman–Crippen MR) is 74.9 cm³/mol. The van der Waals surface area contributed by atoms with Crippen LogP contribution in [0.15, 0.2) is 12.4 Å². The molecule has 2 rings (SSSR count). The minimum Gasteiger partial charge on any atom is -0.336 e. The Balaban J connectivity index is 2.03. The van der Waals surface area contributed by atoms with Gasteiger partial charge in [-0.1, -0.05) is 20.3 Å². The number of hydrogen-bond donors (Lipinski definition) is 0. The van der Waals surface area contributed by atoms with Crippen molar-refractivity contribution >= 4 is 5.95 Å². The lowest BCUT2D eigenvalue weighted by molar-refractivity contribution is 0.238. The lowest BCUT2D eigenvalue weighted by atomic mass is 10.2. The van der Waals surface area contributed by atoms with Crippen LogP contribution < -0.4 is 4.90 Å². The lowest BCUT2D eigenvalue weighted by Gasteiger charge is -2.39. The summed E-state index contributed by atoms with van der Waals surface area (Å²) in [5, 5.41) is 0. The maximum atomic E-state index is 4.52. The van der Waals surface area contributed by atoms with Gasteiger partial charge in [0.15, 0.2) is 0 Å². The fraction of sp³-hybridized carbons (Fsp3) is 0.714. The van der Waals surface area contributed by atoms with Crippen molar-refractivity contribution in [1.82, 2.24) is 14.9 Å². The van der Waals surface area contributed by atoms with Gasteiger partial charge in [-0.05, 0) is 25.5 Å². The quantitative estimate of drug-likeness (QED) is 0.815. The summed E-state index contributed by atoms with van der Waals surface area (Å²) in [4.78, 5) is 13.8. The van der Waals surface area contributed by atoms with Crippen LogP contribution in [-0.2, 0) is 6.42 Å². The number of rotatable bonds is 4. The van der Waals surface area contributed by atoms with E-state index in [1.807, 2.05) is 12.4 Å². The number of piperazine rings is 1. The molecule has 4 heteroatoms. The largest absolute Gasteiger partial charge is 0.336 e. The van der Waals surface area contributed by atoms with Gasteiger partial charge in [-0.15, -0.1) is 0 Å². The van der Waals surface area contributed by atoms with Crippen molar-refractivity contribution in [3.05, 3.63) is 18.0 Å². The molecule has 0 radical (unpaired) electrons. The van der Waals surface area contributed by atoms with Gasteiger partial charge >= 0.3 is 0 Å². The van der Waals surface area contributed by atoms with E-state index in [0.29, 0.717) is 6.04 Å². The van der Waals surface area contributed by atoms with Crippen molar-refractivity contribution in [3.8, 4) is 0 Å². The molecule has 18 heavy (non-hydrogen) atoms. The van der Waals surface area contributed by atoms with E-state index < -0.39 is 0 Å². The first-order valence-electron chi connectivity index (χ1n) is 7.04. The molecular weight excluding hydrogens is 224 g/mol. The topological polar surface area (TPSA) is 32.3 Å². The van der Waals surface area contributed by atoms with Crippen molar-refractivity contribution in [2.45, 2.75) is 39.7 Å². The summed E-state index contributed by atoms with van der Waals surface area (Å²) in [7, 11) is 0. The van der Waals surface area contributed by atoms with Gasteiger partial charge < -0.3 is 4.90 Å². The van der Waals surface area contributed by atoms with Crippen molar-refractivity contribution in [3.63, 3.8) is 0 Å². The van der Waals surface area contributed by atoms with E-state index in [1.54, 1.807) is 0 Å². The van der Waals surface area contributed by atoms with Crippen LogP contribution in [0.4, 0.5) is 5.95 Å². The summed E-state index contributed by atoms with van der Waals surface area (Å²) in [6, 6.07) is 0.496. The van der Waals surface area contributed by atoms with Gasteiger partial charge in [0, 0.05) is 38.1 Å². The van der Waals surface area contributed by atoms with Gasteiger partial charge in [-0.3, -0.25) is 4.90 Å². The minimum atomic E-state index is 0.496. The smallest absolute Gasteiger partial charge is 0.225 e. The summed E-state index contributed by atoms with van der Waals surface area (Å²) in [5.74, 6) is 0.887. The molecule has 0 aliphatic carbocycles. The van der Waals surface area contributed by atoms with E-state index >= 15 is 0 Å². The van der Waals surface area contributed by atoms with Crippen LogP contribution >= 0.6 is 0 Å². The molecule has 0 spiro atoms. The summed E-state index contributed by atoms with van der Waals surface area (Å²) in [6.45, 7) is 11.0. The molecule has 0 bridgehead atoms. The van der Waals surface area contributed by atoms with Gasteiger partial charge in [0.1, 0.15) is 0 Å². The van der Waals surface area contributed by atoms with Gasteiger partial charge in [0.2, 0.25) is 5.95 Å². The van der Waals surface area contributed by atoms with Crippen molar-refractivity contribution in [1.29, 1.82) is 0 Å². The Morgan fingerprint density at radius 3 is 2.50 bits per heavy atom. The molecule has 1 fully saturated rings. The monoisotopic (exact) mass is 248 g/mol. The standard InChI is InChI=1S/C14H24N4/c1-4-6-13-9-15-14(16-10-13)18-8-7-17(5-2)11-12(18)3/h9-10,12H,4-8,11H2,1-3H3. The van der Waals surface area contributed by atoms with Crippen LogP contribution in [0.1, 0.15) is 32.8 Å². The fourth-order valence-electron chi connectivity index (χ4n) is 2.53. The average Bonchev–Trinajstić information content (AvgIpc) is 2.40.